The Hall–Kier alpha value is -1.38. The van der Waals surface area contributed by atoms with E-state index in [0.29, 0.717) is 6.67 Å². The first-order valence-electron chi connectivity index (χ1n) is 3.55. The minimum absolute atomic E-state index is 0.0670. The average Bonchev–Trinajstić information content (AvgIpc) is 2.06. The molecule has 0 bridgehead atoms. The highest BCUT2D eigenvalue weighted by Crippen LogP contribution is 2.14. The predicted molar refractivity (Wildman–Crippen MR) is 42.3 cm³/mol. The molecule has 0 saturated carbocycles. The number of hydrogen-bond donors (Lipinski definition) is 1. The summed E-state index contributed by atoms with van der Waals surface area (Å²) in [6.07, 6.45) is 6.05. The third-order valence-electron chi connectivity index (χ3n) is 1.77. The molecule has 3 nitrogen and oxygen atoms in total. The number of carbonyl (C=O) groups excluding carboxylic acids is 1. The summed E-state index contributed by atoms with van der Waals surface area (Å²) in [7, 11) is 0. The normalized spacial score (nSPS) is 21.6. The van der Waals surface area contributed by atoms with E-state index < -0.39 is 0 Å². The van der Waals surface area contributed by atoms with Crippen LogP contribution in [0.15, 0.2) is 28.4 Å². The van der Waals surface area contributed by atoms with Crippen LogP contribution in [0.25, 0.3) is 0 Å². The molecule has 11 heavy (non-hydrogen) atoms. The lowest BCUT2D eigenvalue weighted by molar-refractivity contribution is -0.111. The Morgan fingerprint density at radius 1 is 1.55 bits per heavy atom. The Labute approximate surface area is 64.5 Å². The van der Waals surface area contributed by atoms with E-state index in [4.69, 9.17) is 0 Å². The lowest BCUT2D eigenvalue weighted by Crippen LogP contribution is -2.26. The highest BCUT2D eigenvalue weighted by molar-refractivity contribution is 6.09. The van der Waals surface area contributed by atoms with Crippen LogP contribution in [-0.2, 0) is 4.79 Å². The van der Waals surface area contributed by atoms with E-state index in [2.05, 4.69) is 10.3 Å². The monoisotopic (exact) mass is 148 g/mol. The number of hydrogen-bond acceptors (Lipinski definition) is 3. The number of nitrogens with one attached hydrogen (secondary N) is 1. The minimum Gasteiger partial charge on any atom is -0.363 e. The van der Waals surface area contributed by atoms with Gasteiger partial charge in [-0.1, -0.05) is 6.08 Å². The van der Waals surface area contributed by atoms with Crippen LogP contribution in [0.5, 0.6) is 0 Å². The molecule has 0 radical (unpaired) electrons. The molecule has 0 atom stereocenters. The van der Waals surface area contributed by atoms with Crippen molar-refractivity contribution in [1.82, 2.24) is 5.32 Å². The van der Waals surface area contributed by atoms with Crippen LogP contribution in [0.2, 0.25) is 0 Å². The summed E-state index contributed by atoms with van der Waals surface area (Å²) in [5.41, 5.74) is 1.73. The maximum absolute atomic E-state index is 11.2. The van der Waals surface area contributed by atoms with Gasteiger partial charge in [0, 0.05) is 11.8 Å². The molecule has 1 N–H and O–H groups in total. The zero-order valence-corrected chi connectivity index (χ0v) is 6.00. The molecule has 0 aromatic heterocycles. The quantitative estimate of drug-likeness (QED) is 0.540. The molecule has 0 aromatic rings. The number of aliphatic imine (C=N–C) groups is 1. The first-order chi connectivity index (χ1) is 5.38. The van der Waals surface area contributed by atoms with Gasteiger partial charge in [-0.05, 0) is 12.5 Å². The molecule has 0 spiro atoms. The Kier molecular flexibility index (Phi) is 1.35. The fraction of sp³-hybridized carbons (Fsp3) is 0.250. The highest BCUT2D eigenvalue weighted by atomic mass is 16.1. The molecule has 1 aliphatic carbocycles. The Morgan fingerprint density at radius 2 is 2.45 bits per heavy atom. The summed E-state index contributed by atoms with van der Waals surface area (Å²) in [5, 5.41) is 2.95. The molecule has 0 saturated heterocycles. The largest absolute Gasteiger partial charge is 0.363 e. The maximum Gasteiger partial charge on any atom is 0.201 e. The number of carbonyl (C=O) groups is 1. The second kappa shape index (κ2) is 2.34. The molecule has 0 amide bonds. The fourth-order valence-corrected chi connectivity index (χ4v) is 1.24. The Balaban J connectivity index is 2.39. The standard InChI is InChI=1S/C8H8N2O/c11-7-3-1-2-6-4-9-5-10-8(6)7/h1,3-4,10H,2,5H2. The van der Waals surface area contributed by atoms with Crippen LogP contribution in [0.1, 0.15) is 6.42 Å². The lowest BCUT2D eigenvalue weighted by Gasteiger charge is -2.16. The zero-order chi connectivity index (χ0) is 7.68. The number of ketones is 1. The van der Waals surface area contributed by atoms with Crippen molar-refractivity contribution >= 4 is 12.0 Å². The summed E-state index contributed by atoms with van der Waals surface area (Å²) in [6, 6.07) is 0. The Bertz CT molecular complexity index is 286. The number of rotatable bonds is 0. The molecule has 2 aliphatic rings. The van der Waals surface area contributed by atoms with Gasteiger partial charge >= 0.3 is 0 Å². The van der Waals surface area contributed by atoms with Crippen molar-refractivity contribution in [2.45, 2.75) is 6.42 Å². The van der Waals surface area contributed by atoms with Crippen LogP contribution in [0.4, 0.5) is 0 Å². The molecule has 1 aliphatic heterocycles. The van der Waals surface area contributed by atoms with Crippen molar-refractivity contribution in [2.24, 2.45) is 4.99 Å². The van der Waals surface area contributed by atoms with Crippen molar-refractivity contribution in [3.8, 4) is 0 Å². The number of nitrogens with zero attached hydrogens (tertiary/aromatic N) is 1. The van der Waals surface area contributed by atoms with Gasteiger partial charge in [0.1, 0.15) is 6.67 Å². The molecule has 1 heterocycles. The third-order valence-corrected chi connectivity index (χ3v) is 1.77. The minimum atomic E-state index is 0.0670. The molecule has 2 rings (SSSR count). The molecular formula is C8H8N2O. The molecule has 0 aromatic carbocycles. The SMILES string of the molecule is O=C1C=CCC2=C1NCN=C2. The third kappa shape index (κ3) is 0.981. The van der Waals surface area contributed by atoms with Crippen molar-refractivity contribution in [1.29, 1.82) is 0 Å². The van der Waals surface area contributed by atoms with E-state index in [0.717, 1.165) is 17.7 Å². The van der Waals surface area contributed by atoms with Crippen molar-refractivity contribution in [2.75, 3.05) is 6.67 Å². The first-order valence-corrected chi connectivity index (χ1v) is 3.55. The van der Waals surface area contributed by atoms with Crippen LogP contribution in [0, 0.1) is 0 Å². The Morgan fingerprint density at radius 3 is 3.27 bits per heavy atom. The first kappa shape index (κ1) is 6.34. The average molecular weight is 148 g/mol. The van der Waals surface area contributed by atoms with Gasteiger partial charge < -0.3 is 5.32 Å². The predicted octanol–water partition coefficient (Wildman–Crippen LogP) is 0.401. The zero-order valence-electron chi connectivity index (χ0n) is 6.00. The van der Waals surface area contributed by atoms with Crippen LogP contribution >= 0.6 is 0 Å². The van der Waals surface area contributed by atoms with E-state index in [9.17, 15) is 4.79 Å². The van der Waals surface area contributed by atoms with Gasteiger partial charge in [-0.2, -0.15) is 0 Å². The molecular weight excluding hydrogens is 140 g/mol. The molecule has 0 fully saturated rings. The topological polar surface area (TPSA) is 41.5 Å². The van der Waals surface area contributed by atoms with Gasteiger partial charge in [0.25, 0.3) is 0 Å². The van der Waals surface area contributed by atoms with E-state index in [1.165, 1.54) is 0 Å². The van der Waals surface area contributed by atoms with Gasteiger partial charge in [-0.3, -0.25) is 9.79 Å². The van der Waals surface area contributed by atoms with Crippen LogP contribution in [-0.4, -0.2) is 18.7 Å². The van der Waals surface area contributed by atoms with E-state index in [-0.39, 0.29) is 5.78 Å². The van der Waals surface area contributed by atoms with Crippen LogP contribution in [0.3, 0.4) is 0 Å². The van der Waals surface area contributed by atoms with Crippen molar-refractivity contribution < 1.29 is 4.79 Å². The summed E-state index contributed by atoms with van der Waals surface area (Å²) in [4.78, 5) is 15.2. The van der Waals surface area contributed by atoms with Gasteiger partial charge in [0.15, 0.2) is 0 Å². The van der Waals surface area contributed by atoms with Gasteiger partial charge in [-0.25, -0.2) is 0 Å². The fourth-order valence-electron chi connectivity index (χ4n) is 1.24. The summed E-state index contributed by atoms with van der Waals surface area (Å²) in [6.45, 7) is 0.526. The van der Waals surface area contributed by atoms with E-state index in [1.807, 2.05) is 6.08 Å². The van der Waals surface area contributed by atoms with Gasteiger partial charge in [0.2, 0.25) is 5.78 Å². The number of allylic oxidation sites excluding steroid dienone is 3. The molecule has 3 heteroatoms. The summed E-state index contributed by atoms with van der Waals surface area (Å²) >= 11 is 0. The van der Waals surface area contributed by atoms with Gasteiger partial charge in [-0.15, -0.1) is 0 Å². The maximum atomic E-state index is 11.2. The van der Waals surface area contributed by atoms with Crippen LogP contribution < -0.4 is 5.32 Å². The summed E-state index contributed by atoms with van der Waals surface area (Å²) in [5.74, 6) is 0.0670. The van der Waals surface area contributed by atoms with Crippen molar-refractivity contribution in [3.05, 3.63) is 23.4 Å². The van der Waals surface area contributed by atoms with Crippen molar-refractivity contribution in [3.63, 3.8) is 0 Å². The van der Waals surface area contributed by atoms with E-state index >= 15 is 0 Å². The highest BCUT2D eigenvalue weighted by Gasteiger charge is 2.16. The smallest absolute Gasteiger partial charge is 0.201 e. The molecule has 0 unspecified atom stereocenters. The van der Waals surface area contributed by atoms with Gasteiger partial charge in [0.05, 0.1) is 5.70 Å². The molecule has 56 valence electrons. The second-order valence-corrected chi connectivity index (χ2v) is 2.52. The van der Waals surface area contributed by atoms with E-state index in [1.54, 1.807) is 12.3 Å². The summed E-state index contributed by atoms with van der Waals surface area (Å²) < 4.78 is 0. The lowest BCUT2D eigenvalue weighted by atomic mass is 10.0. The second-order valence-electron chi connectivity index (χ2n) is 2.52.